The molecule has 94 valence electrons. The van der Waals surface area contributed by atoms with Gasteiger partial charge in [-0.15, -0.1) is 0 Å². The molecular weight excluding hydrogens is 297 g/mol. The number of methoxy groups -OCH3 is 1. The van der Waals surface area contributed by atoms with Crippen LogP contribution in [-0.4, -0.2) is 7.11 Å². The van der Waals surface area contributed by atoms with Crippen LogP contribution in [0.15, 0.2) is 30.3 Å². The van der Waals surface area contributed by atoms with Crippen molar-refractivity contribution < 1.29 is 9.13 Å². The van der Waals surface area contributed by atoms with E-state index in [1.165, 1.54) is 25.3 Å². The second-order valence-corrected chi connectivity index (χ2v) is 4.82. The van der Waals surface area contributed by atoms with Crippen LogP contribution in [0.2, 0.25) is 15.1 Å². The fraction of sp³-hybridized carbons (Fsp3) is 0.0769. The molecule has 0 bridgehead atoms. The quantitative estimate of drug-likeness (QED) is 0.715. The number of hydrogen-bond donors (Lipinski definition) is 0. The molecule has 0 aliphatic heterocycles. The van der Waals surface area contributed by atoms with E-state index in [0.29, 0.717) is 20.6 Å². The SMILES string of the molecule is COc1cccc(-c2c(Cl)cc(Cl)cc2Cl)c1F. The number of halogens is 4. The Morgan fingerprint density at radius 1 is 1.06 bits per heavy atom. The molecule has 0 fully saturated rings. The summed E-state index contributed by atoms with van der Waals surface area (Å²) in [7, 11) is 1.40. The number of hydrogen-bond acceptors (Lipinski definition) is 1. The summed E-state index contributed by atoms with van der Waals surface area (Å²) in [6, 6.07) is 7.81. The normalized spacial score (nSPS) is 10.5. The van der Waals surface area contributed by atoms with Crippen molar-refractivity contribution in [2.24, 2.45) is 0 Å². The van der Waals surface area contributed by atoms with Crippen LogP contribution in [0, 0.1) is 5.82 Å². The summed E-state index contributed by atoms with van der Waals surface area (Å²) < 4.78 is 19.1. The van der Waals surface area contributed by atoms with Crippen molar-refractivity contribution in [1.29, 1.82) is 0 Å². The molecule has 2 aromatic rings. The predicted octanol–water partition coefficient (Wildman–Crippen LogP) is 5.46. The van der Waals surface area contributed by atoms with Crippen LogP contribution in [0.25, 0.3) is 11.1 Å². The molecular formula is C13H8Cl3FO. The summed E-state index contributed by atoms with van der Waals surface area (Å²) in [5.41, 5.74) is 0.681. The Morgan fingerprint density at radius 2 is 1.67 bits per heavy atom. The predicted molar refractivity (Wildman–Crippen MR) is 73.4 cm³/mol. The lowest BCUT2D eigenvalue weighted by molar-refractivity contribution is 0.387. The van der Waals surface area contributed by atoms with Crippen molar-refractivity contribution in [3.8, 4) is 16.9 Å². The highest BCUT2D eigenvalue weighted by molar-refractivity contribution is 6.41. The maximum atomic E-state index is 14.1. The molecule has 0 saturated heterocycles. The third kappa shape index (κ3) is 2.41. The lowest BCUT2D eigenvalue weighted by Gasteiger charge is -2.11. The molecule has 1 nitrogen and oxygen atoms in total. The van der Waals surface area contributed by atoms with Gasteiger partial charge in [0, 0.05) is 16.1 Å². The second kappa shape index (κ2) is 5.35. The average Bonchev–Trinajstić information content (AvgIpc) is 2.30. The van der Waals surface area contributed by atoms with Crippen molar-refractivity contribution in [3.05, 3.63) is 51.2 Å². The minimum Gasteiger partial charge on any atom is -0.494 e. The molecule has 0 aromatic heterocycles. The zero-order valence-electron chi connectivity index (χ0n) is 9.31. The van der Waals surface area contributed by atoms with E-state index in [0.717, 1.165) is 0 Å². The summed E-state index contributed by atoms with van der Waals surface area (Å²) in [6.45, 7) is 0. The van der Waals surface area contributed by atoms with Gasteiger partial charge in [-0.05, 0) is 18.2 Å². The molecule has 2 aromatic carbocycles. The van der Waals surface area contributed by atoms with Gasteiger partial charge in [-0.3, -0.25) is 0 Å². The minimum absolute atomic E-state index is 0.134. The number of benzene rings is 2. The fourth-order valence-electron chi connectivity index (χ4n) is 1.66. The topological polar surface area (TPSA) is 9.23 Å². The van der Waals surface area contributed by atoms with Crippen LogP contribution in [0.3, 0.4) is 0 Å². The first kappa shape index (κ1) is 13.5. The second-order valence-electron chi connectivity index (χ2n) is 3.57. The molecule has 0 unspecified atom stereocenters. The molecule has 0 spiro atoms. The first-order chi connectivity index (χ1) is 8.54. The standard InChI is InChI=1S/C13H8Cl3FO/c1-18-11-4-2-3-8(13(11)17)12-9(15)5-7(14)6-10(12)16/h2-6H,1H3. The van der Waals surface area contributed by atoms with Gasteiger partial charge >= 0.3 is 0 Å². The van der Waals surface area contributed by atoms with Gasteiger partial charge in [0.2, 0.25) is 0 Å². The smallest absolute Gasteiger partial charge is 0.172 e. The lowest BCUT2D eigenvalue weighted by Crippen LogP contribution is -1.92. The van der Waals surface area contributed by atoms with Crippen molar-refractivity contribution >= 4 is 34.8 Å². The molecule has 0 atom stereocenters. The molecule has 2 rings (SSSR count). The maximum absolute atomic E-state index is 14.1. The number of ether oxygens (including phenoxy) is 1. The van der Waals surface area contributed by atoms with Gasteiger partial charge in [-0.2, -0.15) is 0 Å². The van der Waals surface area contributed by atoms with Crippen LogP contribution in [0.1, 0.15) is 0 Å². The Bertz CT molecular complexity index is 576. The number of rotatable bonds is 2. The largest absolute Gasteiger partial charge is 0.494 e. The molecule has 0 radical (unpaired) electrons. The zero-order valence-corrected chi connectivity index (χ0v) is 11.6. The third-order valence-electron chi connectivity index (χ3n) is 2.46. The molecule has 0 aliphatic rings. The van der Waals surface area contributed by atoms with Gasteiger partial charge in [0.25, 0.3) is 0 Å². The van der Waals surface area contributed by atoms with E-state index < -0.39 is 5.82 Å². The first-order valence-electron chi connectivity index (χ1n) is 5.02. The minimum atomic E-state index is -0.508. The summed E-state index contributed by atoms with van der Waals surface area (Å²) >= 11 is 17.9. The summed E-state index contributed by atoms with van der Waals surface area (Å²) in [6.07, 6.45) is 0. The van der Waals surface area contributed by atoms with Gasteiger partial charge in [0.15, 0.2) is 11.6 Å². The Hall–Kier alpha value is -0.960. The fourth-order valence-corrected chi connectivity index (χ4v) is 2.68. The van der Waals surface area contributed by atoms with Gasteiger partial charge in [-0.1, -0.05) is 46.9 Å². The van der Waals surface area contributed by atoms with Crippen LogP contribution in [-0.2, 0) is 0 Å². The average molecular weight is 306 g/mol. The summed E-state index contributed by atoms with van der Waals surface area (Å²) in [4.78, 5) is 0. The van der Waals surface area contributed by atoms with E-state index >= 15 is 0 Å². The highest BCUT2D eigenvalue weighted by Crippen LogP contribution is 2.40. The maximum Gasteiger partial charge on any atom is 0.172 e. The Kier molecular flexibility index (Phi) is 4.00. The first-order valence-corrected chi connectivity index (χ1v) is 6.15. The lowest BCUT2D eigenvalue weighted by atomic mass is 10.0. The van der Waals surface area contributed by atoms with Crippen molar-refractivity contribution in [3.63, 3.8) is 0 Å². The summed E-state index contributed by atoms with van der Waals surface area (Å²) in [5, 5.41) is 0.983. The van der Waals surface area contributed by atoms with Crippen LogP contribution in [0.5, 0.6) is 5.75 Å². The van der Waals surface area contributed by atoms with Crippen LogP contribution in [0.4, 0.5) is 4.39 Å². The Labute approximate surface area is 119 Å². The third-order valence-corrected chi connectivity index (χ3v) is 3.27. The van der Waals surface area contributed by atoms with Crippen molar-refractivity contribution in [2.45, 2.75) is 0 Å². The Balaban J connectivity index is 2.70. The monoisotopic (exact) mass is 304 g/mol. The van der Waals surface area contributed by atoms with E-state index in [2.05, 4.69) is 0 Å². The molecule has 0 heterocycles. The molecule has 0 saturated carbocycles. The van der Waals surface area contributed by atoms with E-state index in [-0.39, 0.29) is 11.3 Å². The highest BCUT2D eigenvalue weighted by Gasteiger charge is 2.16. The van der Waals surface area contributed by atoms with Crippen molar-refractivity contribution in [1.82, 2.24) is 0 Å². The van der Waals surface area contributed by atoms with E-state index in [9.17, 15) is 4.39 Å². The zero-order chi connectivity index (χ0) is 13.3. The van der Waals surface area contributed by atoms with Gasteiger partial charge in [0.05, 0.1) is 17.2 Å². The van der Waals surface area contributed by atoms with E-state index in [4.69, 9.17) is 39.5 Å². The highest BCUT2D eigenvalue weighted by atomic mass is 35.5. The van der Waals surface area contributed by atoms with Crippen molar-refractivity contribution in [2.75, 3.05) is 7.11 Å². The van der Waals surface area contributed by atoms with Crippen LogP contribution < -0.4 is 4.74 Å². The van der Waals surface area contributed by atoms with E-state index in [1.807, 2.05) is 0 Å². The van der Waals surface area contributed by atoms with Gasteiger partial charge in [0.1, 0.15) is 0 Å². The molecule has 5 heteroatoms. The van der Waals surface area contributed by atoms with Gasteiger partial charge in [-0.25, -0.2) is 4.39 Å². The molecule has 0 amide bonds. The molecule has 18 heavy (non-hydrogen) atoms. The molecule has 0 N–H and O–H groups in total. The van der Waals surface area contributed by atoms with Gasteiger partial charge < -0.3 is 4.74 Å². The Morgan fingerprint density at radius 3 is 2.22 bits per heavy atom. The molecule has 0 aliphatic carbocycles. The van der Waals surface area contributed by atoms with E-state index in [1.54, 1.807) is 12.1 Å². The summed E-state index contributed by atoms with van der Waals surface area (Å²) in [5.74, 6) is -0.374. The van der Waals surface area contributed by atoms with Crippen LogP contribution >= 0.6 is 34.8 Å².